The van der Waals surface area contributed by atoms with Gasteiger partial charge in [0, 0.05) is 25.5 Å². The molecule has 3 heterocycles. The molecule has 1 fully saturated rings. The first kappa shape index (κ1) is 15.8. The number of aromatic nitrogens is 3. The van der Waals surface area contributed by atoms with Crippen molar-refractivity contribution in [2.45, 2.75) is 19.3 Å². The molecule has 1 saturated heterocycles. The van der Waals surface area contributed by atoms with Gasteiger partial charge in [-0.2, -0.15) is 4.31 Å². The lowest BCUT2D eigenvalue weighted by molar-refractivity contribution is 0.139. The van der Waals surface area contributed by atoms with Crippen LogP contribution in [-0.4, -0.2) is 46.7 Å². The van der Waals surface area contributed by atoms with Crippen molar-refractivity contribution in [3.8, 4) is 11.5 Å². The zero-order valence-corrected chi connectivity index (χ0v) is 13.9. The van der Waals surface area contributed by atoms with Gasteiger partial charge in [0.15, 0.2) is 0 Å². The van der Waals surface area contributed by atoms with Crippen LogP contribution in [0.4, 0.5) is 0 Å². The van der Waals surface area contributed by atoms with Crippen LogP contribution < -0.4 is 0 Å². The highest BCUT2D eigenvalue weighted by Crippen LogP contribution is 2.36. The van der Waals surface area contributed by atoms with Crippen LogP contribution >= 0.6 is 0 Å². The van der Waals surface area contributed by atoms with E-state index in [1.807, 2.05) is 13.0 Å². The fraction of sp³-hybridized carbons (Fsp3) is 0.400. The lowest BCUT2D eigenvalue weighted by atomic mass is 9.84. The van der Waals surface area contributed by atoms with Crippen LogP contribution in [0.2, 0.25) is 0 Å². The van der Waals surface area contributed by atoms with Crippen molar-refractivity contribution >= 4 is 10.0 Å². The smallest absolute Gasteiger partial charge is 0.249 e. The molecule has 0 amide bonds. The number of nitrogens with zero attached hydrogens (tertiary/aromatic N) is 4. The molecule has 23 heavy (non-hydrogen) atoms. The van der Waals surface area contributed by atoms with Crippen molar-refractivity contribution in [2.24, 2.45) is 0 Å². The number of sulfonamides is 1. The Balaban J connectivity index is 1.75. The molecule has 1 aliphatic rings. The number of pyridine rings is 1. The lowest BCUT2D eigenvalue weighted by Crippen LogP contribution is -2.60. The molecule has 2 aromatic rings. The number of rotatable bonds is 5. The Morgan fingerprint density at radius 3 is 2.78 bits per heavy atom. The molecular formula is C15H18N4O3S. The van der Waals surface area contributed by atoms with Crippen molar-refractivity contribution in [3.63, 3.8) is 0 Å². The van der Waals surface area contributed by atoms with E-state index in [0.29, 0.717) is 30.4 Å². The summed E-state index contributed by atoms with van der Waals surface area (Å²) in [6.07, 6.45) is 3.31. The molecule has 0 aliphatic carbocycles. The Morgan fingerprint density at radius 2 is 2.17 bits per heavy atom. The maximum atomic E-state index is 12.2. The fourth-order valence-electron chi connectivity index (χ4n) is 2.54. The van der Waals surface area contributed by atoms with Gasteiger partial charge in [-0.3, -0.25) is 4.98 Å². The third kappa shape index (κ3) is 3.04. The van der Waals surface area contributed by atoms with Gasteiger partial charge in [-0.15, -0.1) is 10.2 Å². The molecule has 0 saturated carbocycles. The molecule has 0 aromatic carbocycles. The van der Waals surface area contributed by atoms with E-state index in [1.165, 1.54) is 4.31 Å². The lowest BCUT2D eigenvalue weighted by Gasteiger charge is -2.44. The molecule has 0 atom stereocenters. The second-order valence-electron chi connectivity index (χ2n) is 6.20. The van der Waals surface area contributed by atoms with Crippen molar-refractivity contribution < 1.29 is 12.8 Å². The molecule has 0 spiro atoms. The first-order chi connectivity index (χ1) is 10.8. The van der Waals surface area contributed by atoms with Gasteiger partial charge in [-0.05, 0) is 26.0 Å². The highest BCUT2D eigenvalue weighted by Gasteiger charge is 2.49. The van der Waals surface area contributed by atoms with E-state index in [2.05, 4.69) is 21.8 Å². The van der Waals surface area contributed by atoms with Gasteiger partial charge in [0.05, 0.1) is 16.7 Å². The monoisotopic (exact) mass is 334 g/mol. The topological polar surface area (TPSA) is 89.2 Å². The van der Waals surface area contributed by atoms with Crippen molar-refractivity contribution in [1.29, 1.82) is 0 Å². The minimum Gasteiger partial charge on any atom is -0.420 e. The average molecular weight is 334 g/mol. The number of hydrogen-bond acceptors (Lipinski definition) is 6. The fourth-order valence-corrected chi connectivity index (χ4v) is 4.31. The van der Waals surface area contributed by atoms with Crippen molar-refractivity contribution in [1.82, 2.24) is 19.5 Å². The maximum Gasteiger partial charge on any atom is 0.249 e. The first-order valence-electron chi connectivity index (χ1n) is 7.17. The Labute approximate surface area is 135 Å². The van der Waals surface area contributed by atoms with E-state index in [0.717, 1.165) is 5.56 Å². The largest absolute Gasteiger partial charge is 0.420 e. The Kier molecular flexibility index (Phi) is 3.81. The van der Waals surface area contributed by atoms with Crippen LogP contribution in [0.3, 0.4) is 0 Å². The normalized spacial score (nSPS) is 17.7. The SMILES string of the molecule is C=C(C)CS(=O)(=O)N1CC(C)(c2nnc(-c3cccnc3)o2)C1. The summed E-state index contributed by atoms with van der Waals surface area (Å²) >= 11 is 0. The van der Waals surface area contributed by atoms with Gasteiger partial charge in [0.1, 0.15) is 0 Å². The molecule has 8 heteroatoms. The van der Waals surface area contributed by atoms with Gasteiger partial charge in [0.2, 0.25) is 21.8 Å². The highest BCUT2D eigenvalue weighted by atomic mass is 32.2. The van der Waals surface area contributed by atoms with Crippen LogP contribution in [0.15, 0.2) is 41.1 Å². The van der Waals surface area contributed by atoms with E-state index in [4.69, 9.17) is 4.42 Å². The van der Waals surface area contributed by atoms with Crippen LogP contribution in [0.25, 0.3) is 11.5 Å². The Morgan fingerprint density at radius 1 is 1.43 bits per heavy atom. The molecule has 0 radical (unpaired) electrons. The summed E-state index contributed by atoms with van der Waals surface area (Å²) in [5.41, 5.74) is 0.895. The summed E-state index contributed by atoms with van der Waals surface area (Å²) in [5, 5.41) is 8.11. The summed E-state index contributed by atoms with van der Waals surface area (Å²) < 4.78 is 31.5. The zero-order valence-electron chi connectivity index (χ0n) is 13.1. The van der Waals surface area contributed by atoms with Crippen LogP contribution in [0, 0.1) is 0 Å². The molecule has 7 nitrogen and oxygen atoms in total. The molecule has 1 aliphatic heterocycles. The van der Waals surface area contributed by atoms with Gasteiger partial charge >= 0.3 is 0 Å². The standard InChI is InChI=1S/C15H18N4O3S/c1-11(2)8-23(20,21)19-9-15(3,10-19)14-18-17-13(22-14)12-5-4-6-16-7-12/h4-7H,1,8-10H2,2-3H3. The summed E-state index contributed by atoms with van der Waals surface area (Å²) in [7, 11) is -3.31. The number of hydrogen-bond donors (Lipinski definition) is 0. The van der Waals surface area contributed by atoms with Crippen LogP contribution in [-0.2, 0) is 15.4 Å². The predicted octanol–water partition coefficient (Wildman–Crippen LogP) is 1.61. The first-order valence-corrected chi connectivity index (χ1v) is 8.78. The van der Waals surface area contributed by atoms with Crippen molar-refractivity contribution in [2.75, 3.05) is 18.8 Å². The molecule has 0 bridgehead atoms. The Bertz CT molecular complexity index is 823. The second kappa shape index (κ2) is 5.54. The van der Waals surface area contributed by atoms with E-state index in [-0.39, 0.29) is 5.75 Å². The van der Waals surface area contributed by atoms with Gasteiger partial charge in [0.25, 0.3) is 0 Å². The zero-order chi connectivity index (χ0) is 16.7. The van der Waals surface area contributed by atoms with Gasteiger partial charge in [-0.1, -0.05) is 12.2 Å². The molecule has 122 valence electrons. The molecule has 0 N–H and O–H groups in total. The summed E-state index contributed by atoms with van der Waals surface area (Å²) in [6, 6.07) is 3.62. The minimum absolute atomic E-state index is 0.0339. The third-order valence-corrected chi connectivity index (χ3v) is 5.63. The second-order valence-corrected chi connectivity index (χ2v) is 8.17. The third-order valence-electron chi connectivity index (χ3n) is 3.72. The van der Waals surface area contributed by atoms with Crippen LogP contribution in [0.1, 0.15) is 19.7 Å². The van der Waals surface area contributed by atoms with E-state index < -0.39 is 15.4 Å². The van der Waals surface area contributed by atoms with Crippen molar-refractivity contribution in [3.05, 3.63) is 42.6 Å². The van der Waals surface area contributed by atoms with E-state index >= 15 is 0 Å². The van der Waals surface area contributed by atoms with Gasteiger partial charge in [-0.25, -0.2) is 8.42 Å². The van der Waals surface area contributed by atoms with Gasteiger partial charge < -0.3 is 4.42 Å². The van der Waals surface area contributed by atoms with E-state index in [1.54, 1.807) is 25.4 Å². The Hall–Kier alpha value is -2.06. The van der Waals surface area contributed by atoms with E-state index in [9.17, 15) is 8.42 Å². The molecular weight excluding hydrogens is 316 g/mol. The van der Waals surface area contributed by atoms with Crippen LogP contribution in [0.5, 0.6) is 0 Å². The summed E-state index contributed by atoms with van der Waals surface area (Å²) in [6.45, 7) is 7.94. The summed E-state index contributed by atoms with van der Waals surface area (Å²) in [5.74, 6) is 0.795. The highest BCUT2D eigenvalue weighted by molar-refractivity contribution is 7.89. The maximum absolute atomic E-state index is 12.2. The minimum atomic E-state index is -3.31. The average Bonchev–Trinajstić information content (AvgIpc) is 2.93. The predicted molar refractivity (Wildman–Crippen MR) is 85.1 cm³/mol. The quantitative estimate of drug-likeness (QED) is 0.772. The molecule has 3 rings (SSSR count). The molecule has 2 aromatic heterocycles. The summed E-state index contributed by atoms with van der Waals surface area (Å²) in [4.78, 5) is 4.01. The molecule has 0 unspecified atom stereocenters.